The zero-order valence-corrected chi connectivity index (χ0v) is 13.5. The first-order valence-corrected chi connectivity index (χ1v) is 7.32. The van der Waals surface area contributed by atoms with Crippen LogP contribution in [0.2, 0.25) is 5.15 Å². The maximum atomic E-state index is 15.9. The maximum Gasteiger partial charge on any atom is 0.222 e. The Bertz CT molecular complexity index is 877. The smallest absolute Gasteiger partial charge is 0.222 e. The summed E-state index contributed by atoms with van der Waals surface area (Å²) in [6, 6.07) is 2.97. The summed E-state index contributed by atoms with van der Waals surface area (Å²) in [4.78, 5) is 18.2. The molecule has 5 nitrogen and oxygen atoms in total. The fourth-order valence-corrected chi connectivity index (χ4v) is 2.96. The molecule has 2 unspecified atom stereocenters. The van der Waals surface area contributed by atoms with Gasteiger partial charge in [0.1, 0.15) is 23.1 Å². The first-order valence-electron chi connectivity index (χ1n) is 6.94. The second-order valence-corrected chi connectivity index (χ2v) is 5.62. The largest absolute Gasteiger partial charge is 0.497 e. The molecule has 0 amide bonds. The van der Waals surface area contributed by atoms with Crippen molar-refractivity contribution in [3.05, 3.63) is 52.6 Å². The zero-order valence-electron chi connectivity index (χ0n) is 12.8. The van der Waals surface area contributed by atoms with Crippen LogP contribution in [0.3, 0.4) is 0 Å². The molecule has 0 saturated carbocycles. The molecule has 8 heteroatoms. The lowest BCUT2D eigenvalue weighted by Crippen LogP contribution is -2.38. The Labute approximate surface area is 140 Å². The van der Waals surface area contributed by atoms with E-state index in [1.807, 2.05) is 0 Å². The van der Waals surface area contributed by atoms with Crippen molar-refractivity contribution in [3.8, 4) is 0 Å². The fourth-order valence-electron chi connectivity index (χ4n) is 2.79. The molecule has 3 rings (SSSR count). The molecule has 0 aliphatic heterocycles. The van der Waals surface area contributed by atoms with Gasteiger partial charge >= 0.3 is 0 Å². The number of allylic oxidation sites excluding steroid dienone is 3. The number of aromatic nitrogens is 2. The number of hydrogen-bond donors (Lipinski definition) is 1. The van der Waals surface area contributed by atoms with Crippen molar-refractivity contribution in [2.45, 2.75) is 5.67 Å². The van der Waals surface area contributed by atoms with E-state index in [9.17, 15) is 9.18 Å². The Hall–Kier alpha value is -2.41. The standard InChI is InChI=1S/C16H13ClF2N2O3/c1-23-11-5-13(24-2)16(19,9(7-22)15(11)18)12-3-8-4-14(17)20-6-10(8)21-12/h3-7,9,21H,1-2H3. The third-order valence-electron chi connectivity index (χ3n) is 4.00. The van der Waals surface area contributed by atoms with Crippen LogP contribution in [-0.4, -0.2) is 30.5 Å². The van der Waals surface area contributed by atoms with Gasteiger partial charge in [0.05, 0.1) is 31.6 Å². The van der Waals surface area contributed by atoms with Gasteiger partial charge in [0.25, 0.3) is 0 Å². The van der Waals surface area contributed by atoms with Crippen molar-refractivity contribution in [1.29, 1.82) is 0 Å². The van der Waals surface area contributed by atoms with Crippen LogP contribution in [-0.2, 0) is 19.9 Å². The van der Waals surface area contributed by atoms with Gasteiger partial charge in [-0.05, 0) is 12.1 Å². The van der Waals surface area contributed by atoms with Crippen LogP contribution >= 0.6 is 11.6 Å². The Morgan fingerprint density at radius 2 is 2.12 bits per heavy atom. The van der Waals surface area contributed by atoms with E-state index in [0.717, 1.165) is 6.08 Å². The van der Waals surface area contributed by atoms with Gasteiger partial charge in [-0.1, -0.05) is 11.6 Å². The van der Waals surface area contributed by atoms with Crippen molar-refractivity contribution in [2.75, 3.05) is 14.2 Å². The molecular weight excluding hydrogens is 342 g/mol. The van der Waals surface area contributed by atoms with Crippen molar-refractivity contribution < 1.29 is 23.0 Å². The number of alkyl halides is 1. The first-order chi connectivity index (χ1) is 11.4. The molecule has 0 radical (unpaired) electrons. The Balaban J connectivity index is 2.23. The number of carbonyl (C=O) groups excluding carboxylic acids is 1. The van der Waals surface area contributed by atoms with Crippen molar-refractivity contribution in [2.24, 2.45) is 5.92 Å². The molecule has 24 heavy (non-hydrogen) atoms. The van der Waals surface area contributed by atoms with Gasteiger partial charge in [-0.15, -0.1) is 0 Å². The highest BCUT2D eigenvalue weighted by atomic mass is 35.5. The normalized spacial score (nSPS) is 24.0. The lowest BCUT2D eigenvalue weighted by atomic mass is 9.80. The van der Waals surface area contributed by atoms with E-state index in [-0.39, 0.29) is 28.7 Å². The molecular formula is C16H13ClF2N2O3. The van der Waals surface area contributed by atoms with Crippen LogP contribution in [0.25, 0.3) is 10.9 Å². The van der Waals surface area contributed by atoms with Gasteiger partial charge in [0, 0.05) is 11.5 Å². The van der Waals surface area contributed by atoms with E-state index in [2.05, 4.69) is 9.97 Å². The minimum Gasteiger partial charge on any atom is -0.497 e. The van der Waals surface area contributed by atoms with E-state index >= 15 is 4.39 Å². The molecule has 1 N–H and O–H groups in total. The third-order valence-corrected chi connectivity index (χ3v) is 4.20. The topological polar surface area (TPSA) is 64.2 Å². The molecule has 1 aliphatic carbocycles. The Kier molecular flexibility index (Phi) is 4.04. The minimum atomic E-state index is -2.55. The summed E-state index contributed by atoms with van der Waals surface area (Å²) >= 11 is 5.83. The highest BCUT2D eigenvalue weighted by Gasteiger charge is 2.53. The van der Waals surface area contributed by atoms with Gasteiger partial charge in [-0.25, -0.2) is 13.8 Å². The van der Waals surface area contributed by atoms with E-state index in [1.165, 1.54) is 32.5 Å². The summed E-state index contributed by atoms with van der Waals surface area (Å²) in [6.45, 7) is 0. The monoisotopic (exact) mass is 354 g/mol. The average molecular weight is 355 g/mol. The Morgan fingerprint density at radius 3 is 2.75 bits per heavy atom. The van der Waals surface area contributed by atoms with Gasteiger partial charge in [0.2, 0.25) is 5.67 Å². The van der Waals surface area contributed by atoms with Gasteiger partial charge in [-0.3, -0.25) is 0 Å². The summed E-state index contributed by atoms with van der Waals surface area (Å²) in [7, 11) is 2.46. The maximum absolute atomic E-state index is 15.9. The quantitative estimate of drug-likeness (QED) is 0.673. The summed E-state index contributed by atoms with van der Waals surface area (Å²) < 4.78 is 40.3. The number of halogens is 3. The number of rotatable bonds is 4. The molecule has 2 atom stereocenters. The van der Waals surface area contributed by atoms with Gasteiger partial charge < -0.3 is 19.3 Å². The lowest BCUT2D eigenvalue weighted by molar-refractivity contribution is -0.115. The van der Waals surface area contributed by atoms with Gasteiger partial charge in [-0.2, -0.15) is 0 Å². The number of carbonyl (C=O) groups is 1. The van der Waals surface area contributed by atoms with Crippen LogP contribution in [0.4, 0.5) is 8.78 Å². The third kappa shape index (κ3) is 2.27. The number of nitrogens with one attached hydrogen (secondary N) is 1. The average Bonchev–Trinajstić information content (AvgIpc) is 2.99. The van der Waals surface area contributed by atoms with Gasteiger partial charge in [0.15, 0.2) is 11.6 Å². The molecule has 2 aromatic heterocycles. The van der Waals surface area contributed by atoms with Crippen LogP contribution in [0, 0.1) is 5.92 Å². The number of H-pyrrole nitrogens is 1. The number of aromatic amines is 1. The van der Waals surface area contributed by atoms with Crippen LogP contribution in [0.5, 0.6) is 0 Å². The van der Waals surface area contributed by atoms with Crippen molar-refractivity contribution in [1.82, 2.24) is 9.97 Å². The van der Waals surface area contributed by atoms with E-state index in [1.54, 1.807) is 0 Å². The molecule has 1 aliphatic rings. The first kappa shape index (κ1) is 16.4. The summed E-state index contributed by atoms with van der Waals surface area (Å²) in [5.41, 5.74) is -2.10. The second-order valence-electron chi connectivity index (χ2n) is 5.23. The summed E-state index contributed by atoms with van der Waals surface area (Å²) in [5.74, 6) is -3.25. The lowest BCUT2D eigenvalue weighted by Gasteiger charge is -2.33. The number of nitrogens with zero attached hydrogens (tertiary/aromatic N) is 1. The second kappa shape index (κ2) is 5.90. The SMILES string of the molecule is COC1=CC(OC)=C(F)C(C=O)C1(F)c1cc2cc(Cl)ncc2[nH]1. The van der Waals surface area contributed by atoms with Crippen LogP contribution < -0.4 is 0 Å². The predicted octanol–water partition coefficient (Wildman–Crippen LogP) is 3.57. The molecule has 0 fully saturated rings. The summed E-state index contributed by atoms with van der Waals surface area (Å²) in [6.07, 6.45) is 2.70. The van der Waals surface area contributed by atoms with E-state index in [4.69, 9.17) is 21.1 Å². The van der Waals surface area contributed by atoms with E-state index in [0.29, 0.717) is 10.9 Å². The molecule has 2 heterocycles. The number of pyridine rings is 1. The number of methoxy groups -OCH3 is 2. The highest BCUT2D eigenvalue weighted by molar-refractivity contribution is 6.30. The molecule has 0 saturated heterocycles. The number of hydrogen-bond acceptors (Lipinski definition) is 4. The fraction of sp³-hybridized carbons (Fsp3) is 0.250. The van der Waals surface area contributed by atoms with E-state index < -0.39 is 17.4 Å². The van der Waals surface area contributed by atoms with Crippen LogP contribution in [0.15, 0.2) is 41.8 Å². The zero-order chi connectivity index (χ0) is 17.5. The summed E-state index contributed by atoms with van der Waals surface area (Å²) in [5, 5.41) is 0.802. The molecule has 126 valence electrons. The molecule has 0 bridgehead atoms. The van der Waals surface area contributed by atoms with Crippen molar-refractivity contribution in [3.63, 3.8) is 0 Å². The number of ether oxygens (including phenoxy) is 2. The predicted molar refractivity (Wildman–Crippen MR) is 83.7 cm³/mol. The van der Waals surface area contributed by atoms with Crippen molar-refractivity contribution >= 4 is 28.8 Å². The minimum absolute atomic E-state index is 0.0444. The van der Waals surface area contributed by atoms with Crippen LogP contribution in [0.1, 0.15) is 5.69 Å². The molecule has 0 spiro atoms. The Morgan fingerprint density at radius 1 is 1.38 bits per heavy atom. The molecule has 0 aromatic carbocycles. The molecule has 2 aromatic rings. The highest BCUT2D eigenvalue weighted by Crippen LogP contribution is 2.48. The number of fused-ring (bicyclic) bond motifs is 1. The number of aldehydes is 1.